The number of nitrogen functional groups attached to an aromatic ring is 1. The smallest absolute Gasteiger partial charge is 0.321 e. The molecule has 3 rings (SSSR count). The number of fused-ring (bicyclic) bond motifs is 1. The van der Waals surface area contributed by atoms with Crippen LogP contribution in [0.2, 0.25) is 0 Å². The van der Waals surface area contributed by atoms with Gasteiger partial charge in [0.05, 0.1) is 17.8 Å². The molecule has 0 bridgehead atoms. The lowest BCUT2D eigenvalue weighted by atomic mass is 10.0. The summed E-state index contributed by atoms with van der Waals surface area (Å²) in [6.45, 7) is 10.5. The Morgan fingerprint density at radius 1 is 1.32 bits per heavy atom. The molecular weight excluding hydrogens is 280 g/mol. The lowest BCUT2D eigenvalue weighted by Gasteiger charge is -2.45. The van der Waals surface area contributed by atoms with E-state index in [4.69, 9.17) is 5.73 Å². The van der Waals surface area contributed by atoms with Crippen molar-refractivity contribution in [1.29, 1.82) is 0 Å². The third-order valence-electron chi connectivity index (χ3n) is 5.28. The van der Waals surface area contributed by atoms with E-state index in [1.807, 2.05) is 23.6 Å². The molecule has 3 heterocycles. The lowest BCUT2D eigenvalue weighted by Crippen LogP contribution is -2.60. The first kappa shape index (κ1) is 15.1. The van der Waals surface area contributed by atoms with Gasteiger partial charge in [-0.3, -0.25) is 10.00 Å². The summed E-state index contributed by atoms with van der Waals surface area (Å²) in [4.78, 5) is 19.3. The van der Waals surface area contributed by atoms with Crippen molar-refractivity contribution >= 4 is 11.8 Å². The molecule has 0 aliphatic carbocycles. The normalized spacial score (nSPS) is 28.0. The van der Waals surface area contributed by atoms with E-state index < -0.39 is 5.54 Å². The Morgan fingerprint density at radius 3 is 2.64 bits per heavy atom. The summed E-state index contributed by atoms with van der Waals surface area (Å²) in [7, 11) is 2.11. The van der Waals surface area contributed by atoms with Crippen molar-refractivity contribution in [3.63, 3.8) is 0 Å². The number of aromatic nitrogens is 2. The number of hydrogen-bond acceptors (Lipinski definition) is 4. The summed E-state index contributed by atoms with van der Waals surface area (Å²) >= 11 is 0. The van der Waals surface area contributed by atoms with Gasteiger partial charge < -0.3 is 15.5 Å². The van der Waals surface area contributed by atoms with Gasteiger partial charge in [-0.25, -0.2) is 4.79 Å². The quantitative estimate of drug-likeness (QED) is 0.754. The van der Waals surface area contributed by atoms with E-state index in [9.17, 15) is 4.79 Å². The Hall–Kier alpha value is -1.76. The number of nitrogens with zero attached hydrogens (tertiary/aromatic N) is 4. The number of H-pyrrole nitrogens is 1. The van der Waals surface area contributed by atoms with E-state index in [2.05, 4.69) is 36.0 Å². The Bertz CT molecular complexity index is 595. The van der Waals surface area contributed by atoms with Crippen molar-refractivity contribution in [1.82, 2.24) is 24.9 Å². The first-order valence-corrected chi connectivity index (χ1v) is 7.85. The fourth-order valence-corrected chi connectivity index (χ4v) is 3.56. The average molecular weight is 306 g/mol. The highest BCUT2D eigenvalue weighted by molar-refractivity contribution is 5.77. The van der Waals surface area contributed by atoms with Crippen LogP contribution in [0.25, 0.3) is 0 Å². The highest BCUT2D eigenvalue weighted by Gasteiger charge is 2.46. The Kier molecular flexibility index (Phi) is 3.36. The van der Waals surface area contributed by atoms with Crippen LogP contribution in [0.4, 0.5) is 10.6 Å². The number of carbonyl (C=O) groups excluding carboxylic acids is 1. The molecule has 2 aliphatic heterocycles. The number of piperazine rings is 1. The molecule has 2 amide bonds. The highest BCUT2D eigenvalue weighted by Crippen LogP contribution is 2.40. The molecule has 0 spiro atoms. The minimum Gasteiger partial charge on any atom is -0.382 e. The van der Waals surface area contributed by atoms with Crippen molar-refractivity contribution in [2.75, 3.05) is 25.9 Å². The lowest BCUT2D eigenvalue weighted by molar-refractivity contribution is 0.0457. The van der Waals surface area contributed by atoms with Crippen molar-refractivity contribution in [3.05, 3.63) is 11.3 Å². The van der Waals surface area contributed by atoms with E-state index in [1.54, 1.807) is 0 Å². The van der Waals surface area contributed by atoms with E-state index in [-0.39, 0.29) is 12.1 Å². The van der Waals surface area contributed by atoms with Gasteiger partial charge in [-0.15, -0.1) is 0 Å². The second-order valence-electron chi connectivity index (χ2n) is 7.18. The number of carbonyl (C=O) groups is 1. The summed E-state index contributed by atoms with van der Waals surface area (Å²) in [5.41, 5.74) is 7.41. The number of hydrogen-bond donors (Lipinski definition) is 2. The minimum atomic E-state index is -0.413. The SMILES string of the molecule is C[C@@H]1CN(C(=O)N2Cc3c(N)n[nH]c3C2(C)C)[C@@H](C)CN1C. The fourth-order valence-electron chi connectivity index (χ4n) is 3.56. The van der Waals surface area contributed by atoms with Crippen LogP contribution in [-0.4, -0.2) is 63.1 Å². The maximum atomic E-state index is 13.1. The van der Waals surface area contributed by atoms with Crippen LogP contribution in [0.5, 0.6) is 0 Å². The molecule has 1 fully saturated rings. The summed E-state index contributed by atoms with van der Waals surface area (Å²) in [5, 5.41) is 7.07. The largest absolute Gasteiger partial charge is 0.382 e. The third-order valence-corrected chi connectivity index (χ3v) is 5.28. The topological polar surface area (TPSA) is 81.5 Å². The highest BCUT2D eigenvalue weighted by atomic mass is 16.2. The molecule has 0 aromatic carbocycles. The second-order valence-corrected chi connectivity index (χ2v) is 7.18. The monoisotopic (exact) mass is 306 g/mol. The molecule has 0 saturated carbocycles. The summed E-state index contributed by atoms with van der Waals surface area (Å²) in [5.74, 6) is 0.498. The molecule has 3 N–H and O–H groups in total. The standard InChI is InChI=1S/C15H26N6O/c1-9-7-20(10(2)6-19(9)5)14(22)21-8-11-12(15(21,3)4)17-18-13(11)16/h9-10H,6-8H2,1-5H3,(H3,16,17,18)/t9-,10+/m1/s1. The van der Waals surface area contributed by atoms with Gasteiger partial charge in [-0.1, -0.05) is 0 Å². The first-order chi connectivity index (χ1) is 10.2. The molecule has 1 aromatic rings. The predicted octanol–water partition coefficient (Wildman–Crippen LogP) is 1.19. The van der Waals surface area contributed by atoms with E-state index >= 15 is 0 Å². The van der Waals surface area contributed by atoms with Crippen LogP contribution >= 0.6 is 0 Å². The molecule has 2 atom stereocenters. The molecule has 1 aromatic heterocycles. The number of rotatable bonds is 0. The molecule has 0 radical (unpaired) electrons. The van der Waals surface area contributed by atoms with Gasteiger partial charge in [-0.2, -0.15) is 5.10 Å². The number of urea groups is 1. The summed E-state index contributed by atoms with van der Waals surface area (Å²) in [6.07, 6.45) is 0. The number of nitrogens with two attached hydrogens (primary N) is 1. The number of amides is 2. The van der Waals surface area contributed by atoms with Crippen molar-refractivity contribution < 1.29 is 4.79 Å². The molecule has 122 valence electrons. The van der Waals surface area contributed by atoms with Crippen LogP contribution in [0, 0.1) is 0 Å². The summed E-state index contributed by atoms with van der Waals surface area (Å²) in [6, 6.07) is 0.663. The maximum Gasteiger partial charge on any atom is 0.321 e. The molecule has 7 heteroatoms. The molecule has 0 unspecified atom stereocenters. The summed E-state index contributed by atoms with van der Waals surface area (Å²) < 4.78 is 0. The van der Waals surface area contributed by atoms with Crippen LogP contribution in [0.3, 0.4) is 0 Å². The van der Waals surface area contributed by atoms with Gasteiger partial charge in [0.2, 0.25) is 0 Å². The van der Waals surface area contributed by atoms with Gasteiger partial charge in [0.25, 0.3) is 0 Å². The van der Waals surface area contributed by atoms with Gasteiger partial charge >= 0.3 is 6.03 Å². The van der Waals surface area contributed by atoms with E-state index in [1.165, 1.54) is 0 Å². The van der Waals surface area contributed by atoms with Crippen LogP contribution in [0.15, 0.2) is 0 Å². The molecule has 22 heavy (non-hydrogen) atoms. The molecule has 7 nitrogen and oxygen atoms in total. The second kappa shape index (κ2) is 4.87. The molecular formula is C15H26N6O. The number of nitrogens with one attached hydrogen (secondary N) is 1. The van der Waals surface area contributed by atoms with Gasteiger partial charge in [0, 0.05) is 30.7 Å². The van der Waals surface area contributed by atoms with Crippen molar-refractivity contribution in [2.24, 2.45) is 0 Å². The molecule has 1 saturated heterocycles. The van der Waals surface area contributed by atoms with Gasteiger partial charge in [0.15, 0.2) is 5.82 Å². The van der Waals surface area contributed by atoms with Crippen LogP contribution in [-0.2, 0) is 12.1 Å². The molecule has 2 aliphatic rings. The first-order valence-electron chi connectivity index (χ1n) is 7.85. The fraction of sp³-hybridized carbons (Fsp3) is 0.733. The van der Waals surface area contributed by atoms with Crippen LogP contribution < -0.4 is 5.73 Å². The Morgan fingerprint density at radius 2 is 2.00 bits per heavy atom. The Labute approximate surface area is 131 Å². The average Bonchev–Trinajstić information content (AvgIpc) is 2.93. The van der Waals surface area contributed by atoms with Crippen molar-refractivity contribution in [2.45, 2.75) is 51.9 Å². The zero-order valence-electron chi connectivity index (χ0n) is 14.1. The van der Waals surface area contributed by atoms with Crippen molar-refractivity contribution in [3.8, 4) is 0 Å². The predicted molar refractivity (Wildman–Crippen MR) is 85.2 cm³/mol. The van der Waals surface area contributed by atoms with Gasteiger partial charge in [-0.05, 0) is 34.7 Å². The van der Waals surface area contributed by atoms with E-state index in [0.717, 1.165) is 24.3 Å². The van der Waals surface area contributed by atoms with Crippen LogP contribution in [0.1, 0.15) is 39.0 Å². The number of aromatic amines is 1. The number of anilines is 1. The zero-order valence-corrected chi connectivity index (χ0v) is 14.1. The van der Waals surface area contributed by atoms with E-state index in [0.29, 0.717) is 18.4 Å². The minimum absolute atomic E-state index is 0.0847. The van der Waals surface area contributed by atoms with Gasteiger partial charge in [0.1, 0.15) is 0 Å². The maximum absolute atomic E-state index is 13.1. The third kappa shape index (κ3) is 2.06. The Balaban J connectivity index is 1.85. The number of likely N-dealkylation sites (N-methyl/N-ethyl adjacent to an activating group) is 1. The zero-order chi connectivity index (χ0) is 16.2.